The van der Waals surface area contributed by atoms with E-state index >= 15 is 0 Å². The third-order valence-corrected chi connectivity index (χ3v) is 3.77. The third kappa shape index (κ3) is 3.87. The molecule has 106 valence electrons. The molecule has 2 rings (SSSR count). The maximum absolute atomic E-state index is 6.20. The van der Waals surface area contributed by atoms with Gasteiger partial charge in [-0.25, -0.2) is 0 Å². The molecule has 0 radical (unpaired) electrons. The molecule has 0 atom stereocenters. The highest BCUT2D eigenvalue weighted by Crippen LogP contribution is 2.35. The lowest BCUT2D eigenvalue weighted by molar-refractivity contribution is 0.198. The molecule has 1 aromatic carbocycles. The molecule has 1 fully saturated rings. The van der Waals surface area contributed by atoms with Crippen LogP contribution in [0.25, 0.3) is 0 Å². The van der Waals surface area contributed by atoms with E-state index in [4.69, 9.17) is 15.2 Å². The molecule has 19 heavy (non-hydrogen) atoms. The van der Waals surface area contributed by atoms with E-state index in [-0.39, 0.29) is 0 Å². The molecular formula is C16H25NO2. The number of methoxy groups -OCH3 is 1. The van der Waals surface area contributed by atoms with Gasteiger partial charge in [0.15, 0.2) is 11.5 Å². The number of hydrogen-bond acceptors (Lipinski definition) is 3. The van der Waals surface area contributed by atoms with E-state index < -0.39 is 0 Å². The Bertz CT molecular complexity index is 386. The van der Waals surface area contributed by atoms with E-state index in [0.717, 1.165) is 37.3 Å². The smallest absolute Gasteiger partial charge is 0.164 e. The van der Waals surface area contributed by atoms with Crippen molar-refractivity contribution in [3.8, 4) is 11.5 Å². The third-order valence-electron chi connectivity index (χ3n) is 3.77. The molecule has 0 aliphatic heterocycles. The summed E-state index contributed by atoms with van der Waals surface area (Å²) in [4.78, 5) is 0. The van der Waals surface area contributed by atoms with Gasteiger partial charge in [0.1, 0.15) is 0 Å². The van der Waals surface area contributed by atoms with E-state index in [0.29, 0.717) is 6.10 Å². The summed E-state index contributed by atoms with van der Waals surface area (Å²) in [5.74, 6) is 1.81. The second-order valence-corrected chi connectivity index (χ2v) is 5.22. The first kappa shape index (κ1) is 14.2. The quantitative estimate of drug-likeness (QED) is 0.768. The van der Waals surface area contributed by atoms with Crippen LogP contribution in [-0.4, -0.2) is 19.8 Å². The molecule has 1 aliphatic rings. The number of aryl methyl sites for hydroxylation is 1. The normalized spacial score (nSPS) is 15.7. The van der Waals surface area contributed by atoms with Crippen LogP contribution in [0, 0.1) is 0 Å². The topological polar surface area (TPSA) is 44.5 Å². The van der Waals surface area contributed by atoms with Gasteiger partial charge < -0.3 is 15.2 Å². The first-order chi connectivity index (χ1) is 9.35. The number of unbranched alkanes of at least 4 members (excludes halogenated alkanes) is 1. The zero-order valence-corrected chi connectivity index (χ0v) is 11.9. The number of rotatable bonds is 7. The number of nitrogens with two attached hydrogens (primary N) is 1. The van der Waals surface area contributed by atoms with E-state index in [1.54, 1.807) is 7.11 Å². The van der Waals surface area contributed by atoms with Crippen molar-refractivity contribution in [1.29, 1.82) is 0 Å². The summed E-state index contributed by atoms with van der Waals surface area (Å²) in [6.07, 6.45) is 8.43. The largest absolute Gasteiger partial charge is 0.493 e. The SMILES string of the molecule is COc1cccc(CCCCN)c1OC1CCCC1. The van der Waals surface area contributed by atoms with Crippen molar-refractivity contribution in [2.75, 3.05) is 13.7 Å². The van der Waals surface area contributed by atoms with E-state index in [2.05, 4.69) is 6.07 Å². The minimum absolute atomic E-state index is 0.365. The van der Waals surface area contributed by atoms with E-state index in [9.17, 15) is 0 Å². The maximum atomic E-state index is 6.20. The van der Waals surface area contributed by atoms with Crippen molar-refractivity contribution in [1.82, 2.24) is 0 Å². The standard InChI is InChI=1S/C16H25NO2/c1-18-15-11-6-8-13(7-4-5-12-17)16(15)19-14-9-2-3-10-14/h6,8,11,14H,2-5,7,9-10,12,17H2,1H3. The van der Waals surface area contributed by atoms with Crippen molar-refractivity contribution in [3.05, 3.63) is 23.8 Å². The fourth-order valence-corrected chi connectivity index (χ4v) is 2.69. The maximum Gasteiger partial charge on any atom is 0.164 e. The van der Waals surface area contributed by atoms with Crippen molar-refractivity contribution in [3.63, 3.8) is 0 Å². The van der Waals surface area contributed by atoms with Crippen LogP contribution < -0.4 is 15.2 Å². The van der Waals surface area contributed by atoms with Crippen LogP contribution in [0.1, 0.15) is 44.1 Å². The van der Waals surface area contributed by atoms with Crippen molar-refractivity contribution in [2.24, 2.45) is 5.73 Å². The van der Waals surface area contributed by atoms with Crippen LogP contribution in [0.3, 0.4) is 0 Å². The zero-order valence-electron chi connectivity index (χ0n) is 11.9. The second-order valence-electron chi connectivity index (χ2n) is 5.22. The van der Waals surface area contributed by atoms with Gasteiger partial charge in [0.2, 0.25) is 0 Å². The van der Waals surface area contributed by atoms with Crippen molar-refractivity contribution < 1.29 is 9.47 Å². The summed E-state index contributed by atoms with van der Waals surface area (Å²) >= 11 is 0. The average molecular weight is 263 g/mol. The van der Waals surface area contributed by atoms with Crippen LogP contribution in [0.5, 0.6) is 11.5 Å². The molecule has 1 saturated carbocycles. The Morgan fingerprint density at radius 3 is 2.68 bits per heavy atom. The summed E-state index contributed by atoms with van der Waals surface area (Å²) in [5, 5.41) is 0. The Morgan fingerprint density at radius 1 is 1.21 bits per heavy atom. The first-order valence-electron chi connectivity index (χ1n) is 7.37. The molecule has 3 heteroatoms. The predicted octanol–water partition coefficient (Wildman–Crippen LogP) is 3.30. The number of hydrogen-bond donors (Lipinski definition) is 1. The van der Waals surface area contributed by atoms with Crippen LogP contribution in [0.2, 0.25) is 0 Å². The summed E-state index contributed by atoms with van der Waals surface area (Å²) in [5.41, 5.74) is 6.81. The first-order valence-corrected chi connectivity index (χ1v) is 7.37. The Hall–Kier alpha value is -1.22. The summed E-state index contributed by atoms with van der Waals surface area (Å²) in [6, 6.07) is 6.16. The molecule has 3 nitrogen and oxygen atoms in total. The summed E-state index contributed by atoms with van der Waals surface area (Å²) < 4.78 is 11.7. The molecular weight excluding hydrogens is 238 g/mol. The minimum atomic E-state index is 0.365. The molecule has 0 spiro atoms. The van der Waals surface area contributed by atoms with Gasteiger partial charge in [0.05, 0.1) is 13.2 Å². The lowest BCUT2D eigenvalue weighted by atomic mass is 10.1. The van der Waals surface area contributed by atoms with E-state index in [1.165, 1.54) is 31.2 Å². The molecule has 0 unspecified atom stereocenters. The van der Waals surface area contributed by atoms with Gasteiger partial charge in [0.25, 0.3) is 0 Å². The molecule has 0 aromatic heterocycles. The predicted molar refractivity (Wildman–Crippen MR) is 77.9 cm³/mol. The van der Waals surface area contributed by atoms with E-state index in [1.807, 2.05) is 12.1 Å². The lowest BCUT2D eigenvalue weighted by Gasteiger charge is -2.19. The second kappa shape index (κ2) is 7.39. The van der Waals surface area contributed by atoms with Crippen LogP contribution >= 0.6 is 0 Å². The summed E-state index contributed by atoms with van der Waals surface area (Å²) in [6.45, 7) is 0.753. The average Bonchev–Trinajstić information content (AvgIpc) is 2.93. The van der Waals surface area contributed by atoms with Gasteiger partial charge >= 0.3 is 0 Å². The molecule has 0 bridgehead atoms. The Balaban J connectivity index is 2.10. The molecule has 0 heterocycles. The Morgan fingerprint density at radius 2 is 2.00 bits per heavy atom. The van der Waals surface area contributed by atoms with Crippen molar-refractivity contribution in [2.45, 2.75) is 51.0 Å². The number of para-hydroxylation sites is 1. The van der Waals surface area contributed by atoms with Gasteiger partial charge in [-0.05, 0) is 63.1 Å². The van der Waals surface area contributed by atoms with Gasteiger partial charge in [0, 0.05) is 0 Å². The molecule has 1 aliphatic carbocycles. The van der Waals surface area contributed by atoms with Crippen molar-refractivity contribution >= 4 is 0 Å². The van der Waals surface area contributed by atoms with Crippen LogP contribution in [0.15, 0.2) is 18.2 Å². The lowest BCUT2D eigenvalue weighted by Crippen LogP contribution is -2.13. The van der Waals surface area contributed by atoms with Gasteiger partial charge in [-0.15, -0.1) is 0 Å². The number of ether oxygens (including phenoxy) is 2. The van der Waals surface area contributed by atoms with Gasteiger partial charge in [-0.1, -0.05) is 12.1 Å². The molecule has 2 N–H and O–H groups in total. The minimum Gasteiger partial charge on any atom is -0.493 e. The van der Waals surface area contributed by atoms with Gasteiger partial charge in [-0.3, -0.25) is 0 Å². The molecule has 0 saturated heterocycles. The van der Waals surface area contributed by atoms with Crippen LogP contribution in [0.4, 0.5) is 0 Å². The highest BCUT2D eigenvalue weighted by Gasteiger charge is 2.20. The van der Waals surface area contributed by atoms with Crippen LogP contribution in [-0.2, 0) is 6.42 Å². The zero-order chi connectivity index (χ0) is 13.5. The van der Waals surface area contributed by atoms with Gasteiger partial charge in [-0.2, -0.15) is 0 Å². The monoisotopic (exact) mass is 263 g/mol. The fourth-order valence-electron chi connectivity index (χ4n) is 2.69. The number of benzene rings is 1. The molecule has 1 aromatic rings. The summed E-state index contributed by atoms with van der Waals surface area (Å²) in [7, 11) is 1.71. The Kier molecular flexibility index (Phi) is 5.52. The Labute approximate surface area is 116 Å². The fraction of sp³-hybridized carbons (Fsp3) is 0.625. The highest BCUT2D eigenvalue weighted by molar-refractivity contribution is 5.46. The highest BCUT2D eigenvalue weighted by atomic mass is 16.5. The molecule has 0 amide bonds.